The maximum atomic E-state index is 4.28. The Bertz CT molecular complexity index is 490. The van der Waals surface area contributed by atoms with Gasteiger partial charge in [-0.25, -0.2) is 0 Å². The molecule has 0 unspecified atom stereocenters. The summed E-state index contributed by atoms with van der Waals surface area (Å²) in [5.74, 6) is 0. The molecule has 1 N–H and O–H groups in total. The summed E-state index contributed by atoms with van der Waals surface area (Å²) >= 11 is 1.76. The van der Waals surface area contributed by atoms with E-state index in [0.717, 1.165) is 42.2 Å². The summed E-state index contributed by atoms with van der Waals surface area (Å²) < 4.78 is 0. The summed E-state index contributed by atoms with van der Waals surface area (Å²) in [5, 5.41) is 14.0. The first kappa shape index (κ1) is 14.2. The van der Waals surface area contributed by atoms with Gasteiger partial charge in [0.25, 0.3) is 0 Å². The summed E-state index contributed by atoms with van der Waals surface area (Å²) in [7, 11) is 1.98. The van der Waals surface area contributed by atoms with Crippen LogP contribution in [0.25, 0.3) is 0 Å². The minimum absolute atomic E-state index is 0.993. The zero-order valence-electron chi connectivity index (χ0n) is 11.6. The molecule has 19 heavy (non-hydrogen) atoms. The standard InChI is InChI=1S/C15H21N3S/c1-12-5-7-13(8-6-12)9-10-15-18-17-14(19-15)4-3-11-16-2/h5-8,16H,3-4,9-11H2,1-2H3. The third kappa shape index (κ3) is 4.73. The van der Waals surface area contributed by atoms with Crippen molar-refractivity contribution in [3.63, 3.8) is 0 Å². The van der Waals surface area contributed by atoms with Crippen LogP contribution in [0, 0.1) is 6.92 Å². The van der Waals surface area contributed by atoms with Crippen LogP contribution in [-0.2, 0) is 19.3 Å². The topological polar surface area (TPSA) is 37.8 Å². The number of nitrogens with one attached hydrogen (secondary N) is 1. The van der Waals surface area contributed by atoms with Crippen molar-refractivity contribution >= 4 is 11.3 Å². The van der Waals surface area contributed by atoms with Crippen molar-refractivity contribution in [1.82, 2.24) is 15.5 Å². The van der Waals surface area contributed by atoms with Gasteiger partial charge in [-0.15, -0.1) is 21.5 Å². The lowest BCUT2D eigenvalue weighted by molar-refractivity contribution is 0.717. The number of nitrogens with zero attached hydrogens (tertiary/aromatic N) is 2. The Balaban J connectivity index is 1.81. The molecule has 0 spiro atoms. The van der Waals surface area contributed by atoms with Crippen molar-refractivity contribution in [2.75, 3.05) is 13.6 Å². The summed E-state index contributed by atoms with van der Waals surface area (Å²) in [4.78, 5) is 0. The van der Waals surface area contributed by atoms with Crippen molar-refractivity contribution in [1.29, 1.82) is 0 Å². The number of hydrogen-bond acceptors (Lipinski definition) is 4. The average Bonchev–Trinajstić information content (AvgIpc) is 2.86. The van der Waals surface area contributed by atoms with Gasteiger partial charge in [-0.05, 0) is 38.9 Å². The molecular formula is C15H21N3S. The summed E-state index contributed by atoms with van der Waals surface area (Å²) in [5.41, 5.74) is 2.68. The third-order valence-electron chi connectivity index (χ3n) is 3.07. The molecule has 102 valence electrons. The van der Waals surface area contributed by atoms with Crippen LogP contribution in [0.15, 0.2) is 24.3 Å². The lowest BCUT2D eigenvalue weighted by atomic mass is 10.1. The fourth-order valence-electron chi connectivity index (χ4n) is 1.91. The first-order valence-corrected chi connectivity index (χ1v) is 7.61. The molecule has 0 atom stereocenters. The van der Waals surface area contributed by atoms with Crippen LogP contribution in [0.2, 0.25) is 0 Å². The summed E-state index contributed by atoms with van der Waals surface area (Å²) in [6, 6.07) is 8.73. The van der Waals surface area contributed by atoms with Crippen molar-refractivity contribution < 1.29 is 0 Å². The van der Waals surface area contributed by atoms with Gasteiger partial charge in [-0.1, -0.05) is 29.8 Å². The largest absolute Gasteiger partial charge is 0.320 e. The number of aromatic nitrogens is 2. The second kappa shape index (κ2) is 7.36. The Labute approximate surface area is 119 Å². The highest BCUT2D eigenvalue weighted by atomic mass is 32.1. The first-order valence-electron chi connectivity index (χ1n) is 6.79. The van der Waals surface area contributed by atoms with Crippen LogP contribution in [-0.4, -0.2) is 23.8 Å². The number of hydrogen-bond donors (Lipinski definition) is 1. The van der Waals surface area contributed by atoms with Gasteiger partial charge in [0.1, 0.15) is 10.0 Å². The highest BCUT2D eigenvalue weighted by Gasteiger charge is 2.04. The Hall–Kier alpha value is -1.26. The molecular weight excluding hydrogens is 254 g/mol. The zero-order valence-corrected chi connectivity index (χ0v) is 12.5. The highest BCUT2D eigenvalue weighted by Crippen LogP contribution is 2.14. The van der Waals surface area contributed by atoms with E-state index in [0.29, 0.717) is 0 Å². The van der Waals surface area contributed by atoms with Crippen molar-refractivity contribution in [3.05, 3.63) is 45.4 Å². The molecule has 4 heteroatoms. The maximum absolute atomic E-state index is 4.28. The Morgan fingerprint density at radius 3 is 2.37 bits per heavy atom. The van der Waals surface area contributed by atoms with E-state index in [1.165, 1.54) is 11.1 Å². The second-order valence-corrected chi connectivity index (χ2v) is 5.93. The lowest BCUT2D eigenvalue weighted by Crippen LogP contribution is -2.08. The van der Waals surface area contributed by atoms with Gasteiger partial charge in [-0.2, -0.15) is 0 Å². The van der Waals surface area contributed by atoms with Crippen LogP contribution in [0.5, 0.6) is 0 Å². The predicted molar refractivity (Wildman–Crippen MR) is 80.7 cm³/mol. The zero-order chi connectivity index (χ0) is 13.5. The average molecular weight is 275 g/mol. The fraction of sp³-hybridized carbons (Fsp3) is 0.467. The molecule has 0 saturated carbocycles. The maximum Gasteiger partial charge on any atom is 0.117 e. The molecule has 1 aromatic carbocycles. The van der Waals surface area contributed by atoms with Gasteiger partial charge in [0, 0.05) is 12.8 Å². The smallest absolute Gasteiger partial charge is 0.117 e. The third-order valence-corrected chi connectivity index (χ3v) is 4.12. The molecule has 0 amide bonds. The highest BCUT2D eigenvalue weighted by molar-refractivity contribution is 7.11. The predicted octanol–water partition coefficient (Wildman–Crippen LogP) is 2.78. The number of rotatable bonds is 7. The van der Waals surface area contributed by atoms with Crippen LogP contribution >= 0.6 is 11.3 Å². The molecule has 1 aromatic heterocycles. The van der Waals surface area contributed by atoms with E-state index in [1.807, 2.05) is 7.05 Å². The molecule has 0 saturated heterocycles. The molecule has 0 radical (unpaired) electrons. The molecule has 2 rings (SSSR count). The summed E-state index contributed by atoms with van der Waals surface area (Å²) in [6.07, 6.45) is 4.20. The van der Waals surface area contributed by atoms with Crippen LogP contribution in [0.1, 0.15) is 27.6 Å². The normalized spacial score (nSPS) is 10.8. The van der Waals surface area contributed by atoms with Gasteiger partial charge in [0.15, 0.2) is 0 Å². The molecule has 0 fully saturated rings. The van der Waals surface area contributed by atoms with E-state index < -0.39 is 0 Å². The number of benzene rings is 1. The SMILES string of the molecule is CNCCCc1nnc(CCc2ccc(C)cc2)s1. The lowest BCUT2D eigenvalue weighted by Gasteiger charge is -1.99. The Morgan fingerprint density at radius 2 is 1.68 bits per heavy atom. The minimum atomic E-state index is 0.993. The molecule has 3 nitrogen and oxygen atoms in total. The van der Waals surface area contributed by atoms with Gasteiger partial charge < -0.3 is 5.32 Å². The van der Waals surface area contributed by atoms with Crippen LogP contribution in [0.4, 0.5) is 0 Å². The van der Waals surface area contributed by atoms with E-state index in [-0.39, 0.29) is 0 Å². The molecule has 0 aliphatic rings. The van der Waals surface area contributed by atoms with E-state index >= 15 is 0 Å². The van der Waals surface area contributed by atoms with Gasteiger partial charge in [0.05, 0.1) is 0 Å². The van der Waals surface area contributed by atoms with Crippen LogP contribution in [0.3, 0.4) is 0 Å². The first-order chi connectivity index (χ1) is 9.28. The van der Waals surface area contributed by atoms with Crippen LogP contribution < -0.4 is 5.32 Å². The van der Waals surface area contributed by atoms with E-state index in [4.69, 9.17) is 0 Å². The Kier molecular flexibility index (Phi) is 5.48. The van der Waals surface area contributed by atoms with Crippen molar-refractivity contribution in [2.24, 2.45) is 0 Å². The monoisotopic (exact) mass is 275 g/mol. The quantitative estimate of drug-likeness (QED) is 0.790. The Morgan fingerprint density at radius 1 is 1.00 bits per heavy atom. The number of aryl methyl sites for hydroxylation is 4. The molecule has 1 heterocycles. The van der Waals surface area contributed by atoms with Crippen molar-refractivity contribution in [3.8, 4) is 0 Å². The molecule has 0 aliphatic heterocycles. The molecule has 0 aliphatic carbocycles. The van der Waals surface area contributed by atoms with Gasteiger partial charge in [-0.3, -0.25) is 0 Å². The molecule has 0 bridgehead atoms. The molecule has 2 aromatic rings. The van der Waals surface area contributed by atoms with Gasteiger partial charge >= 0.3 is 0 Å². The minimum Gasteiger partial charge on any atom is -0.320 e. The van der Waals surface area contributed by atoms with Gasteiger partial charge in [0.2, 0.25) is 0 Å². The summed E-state index contributed by atoms with van der Waals surface area (Å²) in [6.45, 7) is 3.16. The van der Waals surface area contributed by atoms with Crippen molar-refractivity contribution in [2.45, 2.75) is 32.6 Å². The van der Waals surface area contributed by atoms with E-state index in [2.05, 4.69) is 46.7 Å². The second-order valence-electron chi connectivity index (χ2n) is 4.78. The van der Waals surface area contributed by atoms with E-state index in [1.54, 1.807) is 11.3 Å². The fourth-order valence-corrected chi connectivity index (χ4v) is 2.80. The van der Waals surface area contributed by atoms with E-state index in [9.17, 15) is 0 Å².